The third kappa shape index (κ3) is 6.79. The molecule has 0 spiro atoms. The van der Waals surface area contributed by atoms with Crippen molar-refractivity contribution in [3.05, 3.63) is 266 Å². The molecule has 0 heterocycles. The van der Waals surface area contributed by atoms with E-state index in [1.807, 2.05) is 0 Å². The molecule has 0 aliphatic heterocycles. The number of fused-ring (bicyclic) bond motifs is 4. The fourth-order valence-electron chi connectivity index (χ4n) is 10.4. The van der Waals surface area contributed by atoms with Gasteiger partial charge >= 0.3 is 0 Å². The molecule has 0 fully saturated rings. The van der Waals surface area contributed by atoms with Gasteiger partial charge in [0.25, 0.3) is 0 Å². The molecule has 12 rings (SSSR count). The zero-order chi connectivity index (χ0) is 43.8. The van der Waals surface area contributed by atoms with Gasteiger partial charge in [0.05, 0.1) is 0 Å². The van der Waals surface area contributed by atoms with Crippen molar-refractivity contribution in [3.63, 3.8) is 0 Å². The molecule has 308 valence electrons. The smallest absolute Gasteiger partial charge is 0.00201 e. The van der Waals surface area contributed by atoms with Crippen LogP contribution in [0.25, 0.3) is 122 Å². The number of rotatable bonds is 8. The first-order valence-corrected chi connectivity index (χ1v) is 22.8. The van der Waals surface area contributed by atoms with E-state index in [0.29, 0.717) is 0 Å². The third-order valence-electron chi connectivity index (χ3n) is 13.3. The highest BCUT2D eigenvalue weighted by Gasteiger charge is 2.21. The molecule has 12 aromatic rings. The lowest BCUT2D eigenvalue weighted by Gasteiger charge is -2.20. The van der Waals surface area contributed by atoms with Crippen LogP contribution in [0.2, 0.25) is 0 Å². The Morgan fingerprint density at radius 1 is 0.182 bits per heavy atom. The van der Waals surface area contributed by atoms with Crippen LogP contribution < -0.4 is 0 Å². The summed E-state index contributed by atoms with van der Waals surface area (Å²) in [7, 11) is 0. The molecule has 0 aliphatic carbocycles. The molecule has 0 N–H and O–H groups in total. The molecule has 0 radical (unpaired) electrons. The highest BCUT2D eigenvalue weighted by molar-refractivity contribution is 6.23. The van der Waals surface area contributed by atoms with Crippen LogP contribution >= 0.6 is 0 Å². The molecule has 0 unspecified atom stereocenters. The zero-order valence-electron chi connectivity index (χ0n) is 36.4. The lowest BCUT2D eigenvalue weighted by Crippen LogP contribution is -1.93. The van der Waals surface area contributed by atoms with E-state index in [2.05, 4.69) is 267 Å². The van der Waals surface area contributed by atoms with Crippen molar-refractivity contribution in [2.45, 2.75) is 0 Å². The van der Waals surface area contributed by atoms with Crippen LogP contribution in [0, 0.1) is 0 Å². The van der Waals surface area contributed by atoms with Gasteiger partial charge in [-0.25, -0.2) is 0 Å². The SMILES string of the molecule is C(=Cc1ccccc1-c1ccccc1-c1c2ccccc2c(-c2ccccc2)c2ccccc12)c1ccccc1-c1ccc2c(-c3ccccc3)c3ccccc3c(-c3ccccc3)c2c1. The van der Waals surface area contributed by atoms with Crippen molar-refractivity contribution in [1.29, 1.82) is 0 Å². The largest absolute Gasteiger partial charge is 0.0622 e. The number of hydrogen-bond acceptors (Lipinski definition) is 0. The lowest BCUT2D eigenvalue weighted by atomic mass is 9.83. The molecule has 0 bridgehead atoms. The van der Waals surface area contributed by atoms with Crippen LogP contribution in [-0.2, 0) is 0 Å². The van der Waals surface area contributed by atoms with Gasteiger partial charge in [0.2, 0.25) is 0 Å². The summed E-state index contributed by atoms with van der Waals surface area (Å²) in [5, 5.41) is 10.0. The van der Waals surface area contributed by atoms with E-state index >= 15 is 0 Å². The summed E-state index contributed by atoms with van der Waals surface area (Å²) in [5.74, 6) is 0. The van der Waals surface area contributed by atoms with Gasteiger partial charge < -0.3 is 0 Å². The second-order valence-electron chi connectivity index (χ2n) is 17.0. The van der Waals surface area contributed by atoms with Gasteiger partial charge in [0.15, 0.2) is 0 Å². The van der Waals surface area contributed by atoms with Crippen LogP contribution in [0.3, 0.4) is 0 Å². The maximum Gasteiger partial charge on any atom is -0.00201 e. The molecule has 0 saturated heterocycles. The average Bonchev–Trinajstić information content (AvgIpc) is 3.39. The van der Waals surface area contributed by atoms with Crippen molar-refractivity contribution in [2.75, 3.05) is 0 Å². The Kier molecular flexibility index (Phi) is 9.97. The molecule has 66 heavy (non-hydrogen) atoms. The van der Waals surface area contributed by atoms with Crippen LogP contribution in [0.4, 0.5) is 0 Å². The molecule has 0 nitrogen and oxygen atoms in total. The van der Waals surface area contributed by atoms with E-state index < -0.39 is 0 Å². The predicted octanol–water partition coefficient (Wildman–Crippen LogP) is 18.5. The first kappa shape index (κ1) is 39.0. The van der Waals surface area contributed by atoms with Crippen molar-refractivity contribution in [1.82, 2.24) is 0 Å². The molecule has 0 atom stereocenters. The first-order valence-electron chi connectivity index (χ1n) is 22.8. The van der Waals surface area contributed by atoms with E-state index in [-0.39, 0.29) is 0 Å². The summed E-state index contributed by atoms with van der Waals surface area (Å²) in [4.78, 5) is 0. The summed E-state index contributed by atoms with van der Waals surface area (Å²) in [6.45, 7) is 0. The van der Waals surface area contributed by atoms with E-state index in [4.69, 9.17) is 0 Å². The standard InChI is InChI=1S/C66H44/c1-4-24-47(25-5-1)63-57-36-18-20-38-59(57)66(60-39-21-19-37-58(60)63)54-33-15-14-32-53(54)52-31-13-11-23-46(52)41-40-45-22-10-12-30-51(45)50-42-43-61-62(44-50)65(49-28-8-3-9-29-49)56-35-17-16-34-55(56)64(61)48-26-6-2-7-27-48/h1-44H. The Hall–Kier alpha value is -8.58. The molecule has 0 saturated carbocycles. The molecule has 0 aromatic heterocycles. The van der Waals surface area contributed by atoms with E-state index in [9.17, 15) is 0 Å². The van der Waals surface area contributed by atoms with Crippen LogP contribution in [-0.4, -0.2) is 0 Å². The Morgan fingerprint density at radius 3 is 0.970 bits per heavy atom. The zero-order valence-corrected chi connectivity index (χ0v) is 36.4. The fourth-order valence-corrected chi connectivity index (χ4v) is 10.4. The predicted molar refractivity (Wildman–Crippen MR) is 284 cm³/mol. The number of benzene rings is 12. The Bertz CT molecular complexity index is 3730. The van der Waals surface area contributed by atoms with E-state index in [1.54, 1.807) is 0 Å². The van der Waals surface area contributed by atoms with E-state index in [0.717, 1.165) is 5.56 Å². The van der Waals surface area contributed by atoms with Crippen molar-refractivity contribution in [3.8, 4) is 66.8 Å². The first-order chi connectivity index (χ1) is 32.8. The van der Waals surface area contributed by atoms with Gasteiger partial charge in [-0.2, -0.15) is 0 Å². The van der Waals surface area contributed by atoms with Crippen molar-refractivity contribution < 1.29 is 0 Å². The highest BCUT2D eigenvalue weighted by Crippen LogP contribution is 2.48. The number of hydrogen-bond donors (Lipinski definition) is 0. The minimum Gasteiger partial charge on any atom is -0.0622 e. The quantitative estimate of drug-likeness (QED) is 0.106. The molecular formula is C66H44. The minimum atomic E-state index is 1.16. The average molecular weight is 837 g/mol. The monoisotopic (exact) mass is 836 g/mol. The molecular weight excluding hydrogens is 793 g/mol. The van der Waals surface area contributed by atoms with Gasteiger partial charge in [-0.1, -0.05) is 261 Å². The van der Waals surface area contributed by atoms with Gasteiger partial charge in [-0.15, -0.1) is 0 Å². The maximum atomic E-state index is 2.42. The summed E-state index contributed by atoms with van der Waals surface area (Å²) >= 11 is 0. The highest BCUT2D eigenvalue weighted by atomic mass is 14.2. The topological polar surface area (TPSA) is 0 Å². The fraction of sp³-hybridized carbons (Fsp3) is 0. The van der Waals surface area contributed by atoms with Gasteiger partial charge in [-0.05, 0) is 127 Å². The Balaban J connectivity index is 1.00. The summed E-state index contributed by atoms with van der Waals surface area (Å²) < 4.78 is 0. The van der Waals surface area contributed by atoms with Gasteiger partial charge in [0, 0.05) is 0 Å². The van der Waals surface area contributed by atoms with Gasteiger partial charge in [0.1, 0.15) is 0 Å². The van der Waals surface area contributed by atoms with Gasteiger partial charge in [-0.3, -0.25) is 0 Å². The lowest BCUT2D eigenvalue weighted by molar-refractivity contribution is 1.58. The molecule has 12 aromatic carbocycles. The summed E-state index contributed by atoms with van der Waals surface area (Å²) in [6, 6.07) is 93.0. The van der Waals surface area contributed by atoms with E-state index in [1.165, 1.54) is 115 Å². The maximum absolute atomic E-state index is 2.42. The molecule has 0 amide bonds. The second-order valence-corrected chi connectivity index (χ2v) is 17.0. The second kappa shape index (κ2) is 16.8. The molecule has 0 heteroatoms. The van der Waals surface area contributed by atoms with Crippen LogP contribution in [0.5, 0.6) is 0 Å². The van der Waals surface area contributed by atoms with Crippen LogP contribution in [0.1, 0.15) is 11.1 Å². The molecule has 0 aliphatic rings. The third-order valence-corrected chi connectivity index (χ3v) is 13.3. The van der Waals surface area contributed by atoms with Crippen molar-refractivity contribution >= 4 is 55.2 Å². The Morgan fingerprint density at radius 2 is 0.500 bits per heavy atom. The Labute approximate surface area is 386 Å². The summed E-state index contributed by atoms with van der Waals surface area (Å²) in [5.41, 5.74) is 17.1. The van der Waals surface area contributed by atoms with Crippen LogP contribution in [0.15, 0.2) is 255 Å². The normalized spacial score (nSPS) is 11.6. The summed E-state index contributed by atoms with van der Waals surface area (Å²) in [6.07, 6.45) is 4.60. The van der Waals surface area contributed by atoms with Crippen molar-refractivity contribution in [2.24, 2.45) is 0 Å². The minimum absolute atomic E-state index is 1.16.